The van der Waals surface area contributed by atoms with E-state index in [9.17, 15) is 13.6 Å². The molecule has 33 heavy (non-hydrogen) atoms. The Morgan fingerprint density at radius 2 is 1.58 bits per heavy atom. The van der Waals surface area contributed by atoms with Crippen molar-refractivity contribution in [3.05, 3.63) is 70.6 Å². The van der Waals surface area contributed by atoms with E-state index in [-0.39, 0.29) is 29.3 Å². The number of nitrogens with zero attached hydrogens (tertiary/aromatic N) is 1. The van der Waals surface area contributed by atoms with E-state index in [0.717, 1.165) is 5.57 Å². The lowest BCUT2D eigenvalue weighted by atomic mass is 9.80. The quantitative estimate of drug-likeness (QED) is 0.375. The Hall–Kier alpha value is -3.42. The van der Waals surface area contributed by atoms with Gasteiger partial charge in [0.2, 0.25) is 5.91 Å². The van der Waals surface area contributed by atoms with E-state index in [1.54, 1.807) is 12.1 Å². The van der Waals surface area contributed by atoms with Gasteiger partial charge in [0.15, 0.2) is 23.3 Å². The maximum absolute atomic E-state index is 15.1. The summed E-state index contributed by atoms with van der Waals surface area (Å²) in [5, 5.41) is 2.84. The van der Waals surface area contributed by atoms with Crippen LogP contribution in [0.4, 0.5) is 17.6 Å². The van der Waals surface area contributed by atoms with Crippen LogP contribution in [-0.4, -0.2) is 21.9 Å². The van der Waals surface area contributed by atoms with Crippen molar-refractivity contribution in [1.82, 2.24) is 15.3 Å². The third kappa shape index (κ3) is 3.83. The first kappa shape index (κ1) is 22.8. The average molecular weight is 457 g/mol. The van der Waals surface area contributed by atoms with Crippen molar-refractivity contribution >= 4 is 12.0 Å². The lowest BCUT2D eigenvalue weighted by molar-refractivity contribution is -0.124. The molecule has 172 valence electrons. The highest BCUT2D eigenvalue weighted by Gasteiger charge is 2.37. The lowest BCUT2D eigenvalue weighted by Crippen LogP contribution is -2.38. The Labute approximate surface area is 188 Å². The van der Waals surface area contributed by atoms with E-state index in [0.29, 0.717) is 11.4 Å². The van der Waals surface area contributed by atoms with Crippen LogP contribution in [0.2, 0.25) is 0 Å². The van der Waals surface area contributed by atoms with E-state index in [2.05, 4.69) is 15.3 Å². The number of rotatable bonds is 4. The zero-order valence-electron chi connectivity index (χ0n) is 18.6. The van der Waals surface area contributed by atoms with Crippen molar-refractivity contribution < 1.29 is 22.4 Å². The van der Waals surface area contributed by atoms with E-state index < -0.39 is 40.3 Å². The van der Waals surface area contributed by atoms with E-state index in [4.69, 9.17) is 0 Å². The summed E-state index contributed by atoms with van der Waals surface area (Å²) in [6.45, 7) is 7.32. The molecule has 0 spiro atoms. The predicted molar refractivity (Wildman–Crippen MR) is 118 cm³/mol. The topological polar surface area (TPSA) is 57.8 Å². The van der Waals surface area contributed by atoms with Gasteiger partial charge in [-0.15, -0.1) is 0 Å². The van der Waals surface area contributed by atoms with E-state index >= 15 is 8.78 Å². The Balaban J connectivity index is 1.87. The molecule has 0 radical (unpaired) electrons. The van der Waals surface area contributed by atoms with Gasteiger partial charge in [0.1, 0.15) is 5.82 Å². The molecule has 2 atom stereocenters. The molecule has 0 aliphatic heterocycles. The number of carbonyl (C=O) groups is 1. The van der Waals surface area contributed by atoms with E-state index in [1.807, 2.05) is 27.7 Å². The zero-order valence-corrected chi connectivity index (χ0v) is 18.6. The van der Waals surface area contributed by atoms with Crippen LogP contribution >= 0.6 is 0 Å². The van der Waals surface area contributed by atoms with Gasteiger partial charge in [-0.3, -0.25) is 4.79 Å². The summed E-state index contributed by atoms with van der Waals surface area (Å²) in [7, 11) is 0. The van der Waals surface area contributed by atoms with Gasteiger partial charge in [0.25, 0.3) is 0 Å². The molecule has 4 rings (SSSR count). The first-order chi connectivity index (χ1) is 15.6. The molecule has 8 heteroatoms. The predicted octanol–water partition coefficient (Wildman–Crippen LogP) is 5.96. The minimum atomic E-state index is -1.56. The van der Waals surface area contributed by atoms with Gasteiger partial charge in [-0.2, -0.15) is 0 Å². The zero-order chi connectivity index (χ0) is 24.0. The van der Waals surface area contributed by atoms with Crippen LogP contribution in [0.3, 0.4) is 0 Å². The second-order valence-electron chi connectivity index (χ2n) is 8.57. The molecular formula is C25H23F4N3O. The largest absolute Gasteiger partial charge is 0.353 e. The second-order valence-corrected chi connectivity index (χ2v) is 8.57. The molecule has 0 bridgehead atoms. The fraction of sp³-hybridized carbons (Fsp3) is 0.280. The average Bonchev–Trinajstić information content (AvgIpc) is 3.16. The summed E-state index contributed by atoms with van der Waals surface area (Å²) in [5.74, 6) is -7.72. The number of allylic oxidation sites excluding steroid dienone is 1. The first-order valence-electron chi connectivity index (χ1n) is 10.6. The monoisotopic (exact) mass is 457 g/mol. The van der Waals surface area contributed by atoms with Gasteiger partial charge in [0, 0.05) is 6.04 Å². The molecule has 1 aromatic heterocycles. The molecular weight excluding hydrogens is 434 g/mol. The third-order valence-corrected chi connectivity index (χ3v) is 5.93. The molecule has 0 saturated carbocycles. The third-order valence-electron chi connectivity index (χ3n) is 5.93. The molecule has 1 aliphatic rings. The number of fused-ring (bicyclic) bond motifs is 1. The van der Waals surface area contributed by atoms with Crippen molar-refractivity contribution in [2.45, 2.75) is 39.7 Å². The van der Waals surface area contributed by atoms with Gasteiger partial charge in [0.05, 0.1) is 28.4 Å². The summed E-state index contributed by atoms with van der Waals surface area (Å²) in [6.07, 6.45) is 1.69. The standard InChI is InChI=1S/C25H23F4N3O/c1-11(2)30-25(33)16-13(4)12(3)10-15-23(16)32-24(31-15)18-21(28)19(26)17(20(27)22(18)29)14-8-6-5-7-9-14/h5-11,13,16H,1-4H3,(H,30,33)(H,31,32). The normalized spacial score (nSPS) is 17.7. The van der Waals surface area contributed by atoms with Crippen LogP contribution < -0.4 is 5.32 Å². The number of nitrogens with one attached hydrogen (secondary N) is 2. The van der Waals surface area contributed by atoms with Crippen LogP contribution in [0.25, 0.3) is 28.6 Å². The van der Waals surface area contributed by atoms with Crippen LogP contribution in [0.15, 0.2) is 35.9 Å². The number of H-pyrrole nitrogens is 1. The van der Waals surface area contributed by atoms with Crippen molar-refractivity contribution in [3.63, 3.8) is 0 Å². The van der Waals surface area contributed by atoms with Crippen LogP contribution in [0.5, 0.6) is 0 Å². The van der Waals surface area contributed by atoms with Crippen molar-refractivity contribution in [2.75, 3.05) is 0 Å². The summed E-state index contributed by atoms with van der Waals surface area (Å²) in [6, 6.07) is 7.24. The minimum Gasteiger partial charge on any atom is -0.353 e. The summed E-state index contributed by atoms with van der Waals surface area (Å²) in [4.78, 5) is 19.8. The molecule has 2 aromatic carbocycles. The van der Waals surface area contributed by atoms with Crippen LogP contribution in [0.1, 0.15) is 45.0 Å². The number of aromatic nitrogens is 2. The van der Waals surface area contributed by atoms with E-state index in [1.165, 1.54) is 24.3 Å². The second kappa shape index (κ2) is 8.50. The number of hydrogen-bond donors (Lipinski definition) is 2. The Kier molecular flexibility index (Phi) is 5.86. The molecule has 0 fully saturated rings. The number of halogens is 4. The van der Waals surface area contributed by atoms with Crippen molar-refractivity contribution in [1.29, 1.82) is 0 Å². The Morgan fingerprint density at radius 3 is 2.15 bits per heavy atom. The fourth-order valence-corrected chi connectivity index (χ4v) is 4.16. The molecule has 2 unspecified atom stereocenters. The molecule has 4 nitrogen and oxygen atoms in total. The van der Waals surface area contributed by atoms with Gasteiger partial charge in [-0.25, -0.2) is 22.5 Å². The highest BCUT2D eigenvalue weighted by Crippen LogP contribution is 2.41. The van der Waals surface area contributed by atoms with Crippen LogP contribution in [-0.2, 0) is 4.79 Å². The van der Waals surface area contributed by atoms with Gasteiger partial charge in [-0.05, 0) is 38.3 Å². The van der Waals surface area contributed by atoms with Crippen molar-refractivity contribution in [2.24, 2.45) is 5.92 Å². The summed E-state index contributed by atoms with van der Waals surface area (Å²) < 4.78 is 60.0. The summed E-state index contributed by atoms with van der Waals surface area (Å²) >= 11 is 0. The fourth-order valence-electron chi connectivity index (χ4n) is 4.16. The minimum absolute atomic E-state index is 0.00777. The van der Waals surface area contributed by atoms with Gasteiger partial charge in [-0.1, -0.05) is 42.8 Å². The Morgan fingerprint density at radius 1 is 1.00 bits per heavy atom. The molecule has 1 aliphatic carbocycles. The summed E-state index contributed by atoms with van der Waals surface area (Å²) in [5.41, 5.74) is -0.232. The Bertz CT molecular complexity index is 1240. The number of carbonyl (C=O) groups excluding carboxylic acids is 1. The molecule has 1 heterocycles. The molecule has 0 saturated heterocycles. The number of hydrogen-bond acceptors (Lipinski definition) is 2. The number of imidazole rings is 1. The maximum atomic E-state index is 15.1. The highest BCUT2D eigenvalue weighted by molar-refractivity contribution is 5.87. The smallest absolute Gasteiger partial charge is 0.229 e. The number of aromatic amines is 1. The SMILES string of the molecule is CC1=Cc2nc(-c3c(F)c(F)c(-c4ccccc4)c(F)c3F)[nH]c2C(C(=O)NC(C)C)C1C. The maximum Gasteiger partial charge on any atom is 0.229 e. The molecule has 2 N–H and O–H groups in total. The number of amides is 1. The van der Waals surface area contributed by atoms with Crippen LogP contribution in [0, 0.1) is 29.2 Å². The highest BCUT2D eigenvalue weighted by atomic mass is 19.2. The van der Waals surface area contributed by atoms with Gasteiger partial charge >= 0.3 is 0 Å². The number of benzene rings is 2. The van der Waals surface area contributed by atoms with Crippen molar-refractivity contribution in [3.8, 4) is 22.5 Å². The first-order valence-corrected chi connectivity index (χ1v) is 10.6. The molecule has 3 aromatic rings. The van der Waals surface area contributed by atoms with Gasteiger partial charge < -0.3 is 10.3 Å². The molecule has 1 amide bonds. The lowest BCUT2D eigenvalue weighted by Gasteiger charge is -2.27.